The van der Waals surface area contributed by atoms with Gasteiger partial charge in [-0.3, -0.25) is 10.2 Å². The molecule has 0 radical (unpaired) electrons. The van der Waals surface area contributed by atoms with Gasteiger partial charge in [0, 0.05) is 6.08 Å². The molecule has 2 N–H and O–H groups in total. The lowest BCUT2D eigenvalue weighted by Gasteiger charge is -2.07. The number of hydrogen-bond acceptors (Lipinski definition) is 3. The summed E-state index contributed by atoms with van der Waals surface area (Å²) in [5.41, 5.74) is 6.05. The summed E-state index contributed by atoms with van der Waals surface area (Å²) < 4.78 is 17.9. The summed E-state index contributed by atoms with van der Waals surface area (Å²) in [6, 6.07) is 13.9. The number of nitrogens with one attached hydrogen (secondary N) is 2. The first kappa shape index (κ1) is 20.5. The van der Waals surface area contributed by atoms with Gasteiger partial charge in [0.15, 0.2) is 0 Å². The van der Waals surface area contributed by atoms with Crippen LogP contribution in [0.15, 0.2) is 54.6 Å². The second kappa shape index (κ2) is 11.0. The van der Waals surface area contributed by atoms with Gasteiger partial charge in [-0.2, -0.15) is 0 Å². The van der Waals surface area contributed by atoms with Crippen molar-refractivity contribution < 1.29 is 18.7 Å². The molecule has 0 fully saturated rings. The largest absolute Gasteiger partial charge is 0.448 e. The van der Waals surface area contributed by atoms with Crippen molar-refractivity contribution in [3.63, 3.8) is 0 Å². The third kappa shape index (κ3) is 7.92. The van der Waals surface area contributed by atoms with Crippen molar-refractivity contribution in [1.82, 2.24) is 10.9 Å². The first-order chi connectivity index (χ1) is 13.0. The number of unbranched alkanes of at least 4 members (excludes halogenated alkanes) is 1. The highest BCUT2D eigenvalue weighted by Crippen LogP contribution is 2.18. The van der Waals surface area contributed by atoms with E-state index in [1.165, 1.54) is 29.8 Å². The van der Waals surface area contributed by atoms with E-state index in [9.17, 15) is 14.0 Å². The van der Waals surface area contributed by atoms with Gasteiger partial charge in [0.1, 0.15) is 5.82 Å². The molecule has 7 heteroatoms. The standard InChI is InChI=1S/C20H20ClFN2O3/c21-18-14-17(22)11-9-16(18)10-12-19(25)23-24-20(26)27-13-5-4-8-15-6-2-1-3-7-15/h1-3,6-7,9-12,14H,4-5,8,13H2,(H,23,25)(H,24,26)/b12-10+. The van der Waals surface area contributed by atoms with Gasteiger partial charge in [0.25, 0.3) is 5.91 Å². The summed E-state index contributed by atoms with van der Waals surface area (Å²) in [7, 11) is 0. The van der Waals surface area contributed by atoms with Gasteiger partial charge in [-0.15, -0.1) is 0 Å². The summed E-state index contributed by atoms with van der Waals surface area (Å²) in [6.07, 6.45) is 4.37. The van der Waals surface area contributed by atoms with E-state index >= 15 is 0 Å². The first-order valence-electron chi connectivity index (χ1n) is 8.44. The van der Waals surface area contributed by atoms with Gasteiger partial charge in [0.2, 0.25) is 0 Å². The normalized spacial score (nSPS) is 10.6. The number of amides is 2. The summed E-state index contributed by atoms with van der Waals surface area (Å²) in [6.45, 7) is 0.259. The summed E-state index contributed by atoms with van der Waals surface area (Å²) >= 11 is 5.85. The van der Waals surface area contributed by atoms with Crippen LogP contribution in [-0.4, -0.2) is 18.6 Å². The Morgan fingerprint density at radius 3 is 2.59 bits per heavy atom. The number of aryl methyl sites for hydroxylation is 1. The van der Waals surface area contributed by atoms with Crippen LogP contribution in [0.1, 0.15) is 24.0 Å². The van der Waals surface area contributed by atoms with Gasteiger partial charge in [-0.1, -0.05) is 48.0 Å². The molecule has 0 aliphatic carbocycles. The lowest BCUT2D eigenvalue weighted by molar-refractivity contribution is -0.117. The molecule has 0 spiro atoms. The van der Waals surface area contributed by atoms with E-state index in [4.69, 9.17) is 16.3 Å². The molecular weight excluding hydrogens is 371 g/mol. The van der Waals surface area contributed by atoms with Crippen molar-refractivity contribution in [2.45, 2.75) is 19.3 Å². The minimum absolute atomic E-state index is 0.182. The second-order valence-electron chi connectivity index (χ2n) is 5.69. The molecule has 0 atom stereocenters. The molecule has 0 unspecified atom stereocenters. The molecule has 2 aromatic rings. The van der Waals surface area contributed by atoms with Crippen molar-refractivity contribution in [2.75, 3.05) is 6.61 Å². The number of hydrazine groups is 1. The van der Waals surface area contributed by atoms with Gasteiger partial charge < -0.3 is 4.74 Å². The van der Waals surface area contributed by atoms with E-state index in [1.807, 2.05) is 18.2 Å². The predicted octanol–water partition coefficient (Wildman–Crippen LogP) is 4.27. The van der Waals surface area contributed by atoms with E-state index in [2.05, 4.69) is 23.0 Å². The molecular formula is C20H20ClFN2O3. The van der Waals surface area contributed by atoms with E-state index in [0.29, 0.717) is 5.56 Å². The van der Waals surface area contributed by atoms with Crippen LogP contribution < -0.4 is 10.9 Å². The molecule has 0 aliphatic rings. The smallest absolute Gasteiger partial charge is 0.426 e. The van der Waals surface area contributed by atoms with E-state index in [-0.39, 0.29) is 11.6 Å². The Labute approximate surface area is 162 Å². The van der Waals surface area contributed by atoms with Crippen molar-refractivity contribution in [1.29, 1.82) is 0 Å². The number of rotatable bonds is 7. The highest BCUT2D eigenvalue weighted by atomic mass is 35.5. The van der Waals surface area contributed by atoms with Crippen LogP contribution in [0.25, 0.3) is 6.08 Å². The number of halogens is 2. The van der Waals surface area contributed by atoms with Gasteiger partial charge >= 0.3 is 6.09 Å². The molecule has 2 aromatic carbocycles. The maximum absolute atomic E-state index is 12.9. The van der Waals surface area contributed by atoms with E-state index in [0.717, 1.165) is 25.3 Å². The zero-order valence-corrected chi connectivity index (χ0v) is 15.3. The number of ether oxygens (including phenoxy) is 1. The zero-order chi connectivity index (χ0) is 19.5. The monoisotopic (exact) mass is 390 g/mol. The minimum Gasteiger partial charge on any atom is -0.448 e. The van der Waals surface area contributed by atoms with Crippen LogP contribution in [0.2, 0.25) is 5.02 Å². The van der Waals surface area contributed by atoms with Crippen LogP contribution in [0.3, 0.4) is 0 Å². The first-order valence-corrected chi connectivity index (χ1v) is 8.82. The van der Waals surface area contributed by atoms with Crippen molar-refractivity contribution in [3.05, 3.63) is 76.6 Å². The molecule has 0 aromatic heterocycles. The fourth-order valence-corrected chi connectivity index (χ4v) is 2.46. The van der Waals surface area contributed by atoms with Crippen molar-refractivity contribution in [3.8, 4) is 0 Å². The molecule has 142 valence electrons. The fraction of sp³-hybridized carbons (Fsp3) is 0.200. The Hall–Kier alpha value is -2.86. The summed E-state index contributed by atoms with van der Waals surface area (Å²) in [5, 5.41) is 0.182. The molecule has 2 rings (SSSR count). The minimum atomic E-state index is -0.740. The SMILES string of the molecule is O=C(/C=C/c1ccc(F)cc1Cl)NNC(=O)OCCCCc1ccccc1. The maximum atomic E-state index is 12.9. The average Bonchev–Trinajstić information content (AvgIpc) is 2.66. The van der Waals surface area contributed by atoms with Crippen LogP contribution in [0.5, 0.6) is 0 Å². The topological polar surface area (TPSA) is 67.4 Å². The fourth-order valence-electron chi connectivity index (χ4n) is 2.23. The van der Waals surface area contributed by atoms with Crippen LogP contribution in [0.4, 0.5) is 9.18 Å². The maximum Gasteiger partial charge on any atom is 0.426 e. The second-order valence-corrected chi connectivity index (χ2v) is 6.10. The lowest BCUT2D eigenvalue weighted by Crippen LogP contribution is -2.41. The molecule has 0 aliphatic heterocycles. The number of carbonyl (C=O) groups is 2. The zero-order valence-electron chi connectivity index (χ0n) is 14.6. The molecule has 0 saturated carbocycles. The van der Waals surface area contributed by atoms with Gasteiger partial charge in [-0.05, 0) is 48.6 Å². The van der Waals surface area contributed by atoms with E-state index < -0.39 is 17.8 Å². The summed E-state index contributed by atoms with van der Waals surface area (Å²) in [4.78, 5) is 23.2. The third-order valence-corrected chi connectivity index (χ3v) is 3.93. The highest BCUT2D eigenvalue weighted by Gasteiger charge is 2.04. The molecule has 2 amide bonds. The van der Waals surface area contributed by atoms with Gasteiger partial charge in [-0.25, -0.2) is 14.6 Å². The van der Waals surface area contributed by atoms with Gasteiger partial charge in [0.05, 0.1) is 11.6 Å². The quantitative estimate of drug-likeness (QED) is 0.421. The Morgan fingerprint density at radius 1 is 1.07 bits per heavy atom. The Kier molecular flexibility index (Phi) is 8.32. The molecule has 27 heavy (non-hydrogen) atoms. The third-order valence-electron chi connectivity index (χ3n) is 3.60. The number of carbonyl (C=O) groups excluding carboxylic acids is 2. The predicted molar refractivity (Wildman–Crippen MR) is 102 cm³/mol. The Balaban J connectivity index is 1.60. The Bertz CT molecular complexity index is 797. The van der Waals surface area contributed by atoms with Crippen LogP contribution in [0, 0.1) is 5.82 Å². The van der Waals surface area contributed by atoms with Crippen molar-refractivity contribution in [2.24, 2.45) is 0 Å². The average molecular weight is 391 g/mol. The molecule has 0 saturated heterocycles. The van der Waals surface area contributed by atoms with Crippen molar-refractivity contribution >= 4 is 29.7 Å². The molecule has 5 nitrogen and oxygen atoms in total. The summed E-state index contributed by atoms with van der Waals surface area (Å²) in [5.74, 6) is -1.04. The number of benzene rings is 2. The highest BCUT2D eigenvalue weighted by molar-refractivity contribution is 6.32. The lowest BCUT2D eigenvalue weighted by atomic mass is 10.1. The molecule has 0 bridgehead atoms. The van der Waals surface area contributed by atoms with E-state index in [1.54, 1.807) is 0 Å². The molecule has 0 heterocycles. The number of hydrogen-bond donors (Lipinski definition) is 2. The Morgan fingerprint density at radius 2 is 1.85 bits per heavy atom. The van der Waals surface area contributed by atoms with Crippen LogP contribution >= 0.6 is 11.6 Å². The van der Waals surface area contributed by atoms with Crippen LogP contribution in [-0.2, 0) is 16.0 Å².